The van der Waals surface area contributed by atoms with Crippen LogP contribution in [0.3, 0.4) is 0 Å². The normalized spacial score (nSPS) is 21.1. The highest BCUT2D eigenvalue weighted by Crippen LogP contribution is 2.50. The number of benzene rings is 1. The molecule has 2 heterocycles. The predicted molar refractivity (Wildman–Crippen MR) is 146 cm³/mol. The zero-order valence-corrected chi connectivity index (χ0v) is 23.2. The number of dihydropyridines is 1. The SMILES string of the molecule is CCCC1=C(C(=O)OCC)[C@H](c2ccccc2OCC)C2=C(C[C@@H](c3cccs3)[C@H](C(=O)OCC)C2=O)N1. The summed E-state index contributed by atoms with van der Waals surface area (Å²) in [6, 6.07) is 11.3. The smallest absolute Gasteiger partial charge is 0.336 e. The van der Waals surface area contributed by atoms with Crippen molar-refractivity contribution in [3.63, 3.8) is 0 Å². The monoisotopic (exact) mass is 537 g/mol. The van der Waals surface area contributed by atoms with Gasteiger partial charge in [0, 0.05) is 33.3 Å². The maximum Gasteiger partial charge on any atom is 0.336 e. The van der Waals surface area contributed by atoms with Crippen LogP contribution in [0.15, 0.2) is 64.3 Å². The Balaban J connectivity index is 1.96. The van der Waals surface area contributed by atoms with Gasteiger partial charge in [-0.25, -0.2) is 4.79 Å². The van der Waals surface area contributed by atoms with Gasteiger partial charge in [0.2, 0.25) is 0 Å². The molecule has 0 amide bonds. The minimum absolute atomic E-state index is 0.176. The van der Waals surface area contributed by atoms with Gasteiger partial charge in [-0.3, -0.25) is 9.59 Å². The number of esters is 2. The first-order valence-corrected chi connectivity index (χ1v) is 14.2. The molecule has 0 saturated heterocycles. The van der Waals surface area contributed by atoms with Gasteiger partial charge in [0.25, 0.3) is 0 Å². The van der Waals surface area contributed by atoms with Crippen LogP contribution < -0.4 is 10.1 Å². The van der Waals surface area contributed by atoms with Crippen molar-refractivity contribution in [3.05, 3.63) is 74.8 Å². The molecule has 38 heavy (non-hydrogen) atoms. The minimum Gasteiger partial charge on any atom is -0.494 e. The molecule has 1 N–H and O–H groups in total. The number of hydrogen-bond donors (Lipinski definition) is 1. The van der Waals surface area contributed by atoms with Crippen LogP contribution >= 0.6 is 11.3 Å². The van der Waals surface area contributed by atoms with Gasteiger partial charge in [-0.15, -0.1) is 11.3 Å². The highest BCUT2D eigenvalue weighted by Gasteiger charge is 2.50. The quantitative estimate of drug-likeness (QED) is 0.310. The van der Waals surface area contributed by atoms with Gasteiger partial charge in [0.15, 0.2) is 5.78 Å². The number of hydrogen-bond acceptors (Lipinski definition) is 8. The number of carbonyl (C=O) groups excluding carboxylic acids is 3. The number of allylic oxidation sites excluding steroid dienone is 3. The van der Waals surface area contributed by atoms with Gasteiger partial charge in [-0.2, -0.15) is 0 Å². The fraction of sp³-hybridized carbons (Fsp3) is 0.433. The molecule has 0 spiro atoms. The van der Waals surface area contributed by atoms with E-state index in [9.17, 15) is 14.4 Å². The third-order valence-corrected chi connectivity index (χ3v) is 7.88. The lowest BCUT2D eigenvalue weighted by Gasteiger charge is -2.40. The fourth-order valence-corrected chi connectivity index (χ4v) is 6.30. The average molecular weight is 538 g/mol. The summed E-state index contributed by atoms with van der Waals surface area (Å²) in [5, 5.41) is 5.41. The van der Waals surface area contributed by atoms with E-state index in [1.54, 1.807) is 13.8 Å². The van der Waals surface area contributed by atoms with Gasteiger partial charge < -0.3 is 19.5 Å². The van der Waals surface area contributed by atoms with Crippen LogP contribution in [-0.4, -0.2) is 37.5 Å². The molecule has 1 aliphatic heterocycles. The number of Topliss-reactive ketones (excluding diaryl/α,β-unsaturated/α-hetero) is 1. The third kappa shape index (κ3) is 5.27. The van der Waals surface area contributed by atoms with Gasteiger partial charge in [-0.1, -0.05) is 37.6 Å². The summed E-state index contributed by atoms with van der Waals surface area (Å²) in [6.07, 6.45) is 1.85. The standard InChI is InChI=1S/C30H35NO6S/c1-5-12-20-27(30(34)37-8-4)24(18-13-9-10-14-22(18)35-6-2)26-21(31-20)17-19(23-15-11-16-38-23)25(28(26)32)29(33)36-7-3/h9-11,13-16,19,24-25,31H,5-8,12,17H2,1-4H3/t19-,24+,25-/m0/s1. The van der Waals surface area contributed by atoms with Crippen molar-refractivity contribution in [3.8, 4) is 5.75 Å². The van der Waals surface area contributed by atoms with Crippen molar-refractivity contribution in [2.24, 2.45) is 5.92 Å². The molecule has 0 radical (unpaired) electrons. The number of carbonyl (C=O) groups is 3. The Kier molecular flexibility index (Phi) is 9.05. The first-order valence-electron chi connectivity index (χ1n) is 13.3. The van der Waals surface area contributed by atoms with Gasteiger partial charge >= 0.3 is 11.9 Å². The lowest BCUT2D eigenvalue weighted by Crippen LogP contribution is -2.43. The first-order chi connectivity index (χ1) is 18.5. The van der Waals surface area contributed by atoms with Crippen LogP contribution in [-0.2, 0) is 23.9 Å². The molecule has 1 aromatic carbocycles. The van der Waals surface area contributed by atoms with E-state index in [0.717, 1.165) is 22.7 Å². The summed E-state index contributed by atoms with van der Waals surface area (Å²) < 4.78 is 16.9. The largest absolute Gasteiger partial charge is 0.494 e. The van der Waals surface area contributed by atoms with Crippen LogP contribution in [0, 0.1) is 5.92 Å². The predicted octanol–water partition coefficient (Wildman–Crippen LogP) is 5.64. The number of ketones is 1. The lowest BCUT2D eigenvalue weighted by molar-refractivity contribution is -0.152. The highest BCUT2D eigenvalue weighted by molar-refractivity contribution is 7.10. The second-order valence-corrected chi connectivity index (χ2v) is 10.2. The molecule has 1 aromatic heterocycles. The van der Waals surface area contributed by atoms with Crippen molar-refractivity contribution in [1.29, 1.82) is 0 Å². The third-order valence-electron chi connectivity index (χ3n) is 6.88. The van der Waals surface area contributed by atoms with E-state index in [-0.39, 0.29) is 24.9 Å². The van der Waals surface area contributed by atoms with E-state index in [0.29, 0.717) is 41.9 Å². The molecule has 1 aliphatic carbocycles. The molecule has 7 nitrogen and oxygen atoms in total. The molecule has 2 aromatic rings. The summed E-state index contributed by atoms with van der Waals surface area (Å²) in [5.41, 5.74) is 2.98. The fourth-order valence-electron chi connectivity index (χ4n) is 5.43. The molecular weight excluding hydrogens is 502 g/mol. The van der Waals surface area contributed by atoms with E-state index >= 15 is 0 Å². The Morgan fingerprint density at radius 2 is 1.76 bits per heavy atom. The molecule has 0 fully saturated rings. The molecule has 202 valence electrons. The van der Waals surface area contributed by atoms with E-state index in [1.807, 2.05) is 55.6 Å². The zero-order valence-electron chi connectivity index (χ0n) is 22.4. The lowest BCUT2D eigenvalue weighted by atomic mass is 9.68. The Morgan fingerprint density at radius 1 is 1.00 bits per heavy atom. The van der Waals surface area contributed by atoms with E-state index < -0.39 is 23.8 Å². The Bertz CT molecular complexity index is 1250. The van der Waals surface area contributed by atoms with Crippen molar-refractivity contribution in [2.45, 2.75) is 58.8 Å². The second kappa shape index (κ2) is 12.4. The Morgan fingerprint density at radius 3 is 2.42 bits per heavy atom. The van der Waals surface area contributed by atoms with Crippen LogP contribution in [0.2, 0.25) is 0 Å². The summed E-state index contributed by atoms with van der Waals surface area (Å²) in [5.74, 6) is -2.86. The maximum absolute atomic E-state index is 14.4. The molecule has 0 unspecified atom stereocenters. The number of thiophene rings is 1. The van der Waals surface area contributed by atoms with E-state index in [1.165, 1.54) is 11.3 Å². The molecule has 2 aliphatic rings. The number of para-hydroxylation sites is 1. The molecule has 8 heteroatoms. The van der Waals surface area contributed by atoms with Crippen LogP contribution in [0.25, 0.3) is 0 Å². The van der Waals surface area contributed by atoms with Crippen molar-refractivity contribution in [1.82, 2.24) is 5.32 Å². The maximum atomic E-state index is 14.4. The van der Waals surface area contributed by atoms with Crippen molar-refractivity contribution >= 4 is 29.1 Å². The van der Waals surface area contributed by atoms with Gasteiger partial charge in [0.1, 0.15) is 11.7 Å². The number of ether oxygens (including phenoxy) is 3. The summed E-state index contributed by atoms with van der Waals surface area (Å²) in [7, 11) is 0. The number of nitrogens with one attached hydrogen (secondary N) is 1. The van der Waals surface area contributed by atoms with E-state index in [4.69, 9.17) is 14.2 Å². The zero-order chi connectivity index (χ0) is 27.2. The topological polar surface area (TPSA) is 90.9 Å². The van der Waals surface area contributed by atoms with Gasteiger partial charge in [-0.05, 0) is 51.1 Å². The van der Waals surface area contributed by atoms with E-state index in [2.05, 4.69) is 5.32 Å². The van der Waals surface area contributed by atoms with Crippen LogP contribution in [0.1, 0.15) is 69.2 Å². The van der Waals surface area contributed by atoms with Crippen LogP contribution in [0.5, 0.6) is 5.75 Å². The van der Waals surface area contributed by atoms with Gasteiger partial charge in [0.05, 0.1) is 31.3 Å². The molecule has 3 atom stereocenters. The molecular formula is C30H35NO6S. The first kappa shape index (κ1) is 27.6. The average Bonchev–Trinajstić information content (AvgIpc) is 3.44. The van der Waals surface area contributed by atoms with Crippen LogP contribution in [0.4, 0.5) is 0 Å². The molecule has 0 saturated carbocycles. The second-order valence-electron chi connectivity index (χ2n) is 9.20. The summed E-state index contributed by atoms with van der Waals surface area (Å²) in [6.45, 7) is 8.23. The summed E-state index contributed by atoms with van der Waals surface area (Å²) >= 11 is 1.52. The molecule has 4 rings (SSSR count). The van der Waals surface area contributed by atoms with Crippen molar-refractivity contribution < 1.29 is 28.6 Å². The highest BCUT2D eigenvalue weighted by atomic mass is 32.1. The Hall–Kier alpha value is -3.39. The minimum atomic E-state index is -1.01. The van der Waals surface area contributed by atoms with Crippen molar-refractivity contribution in [2.75, 3.05) is 19.8 Å². The summed E-state index contributed by atoms with van der Waals surface area (Å²) in [4.78, 5) is 42.1. The number of rotatable bonds is 10. The molecule has 0 bridgehead atoms. The Labute approximate surface area is 227 Å².